The largest absolute Gasteiger partial charge is 0.489 e. The number of hydrogen-bond donors (Lipinski definition) is 2. The molecule has 0 bridgehead atoms. The number of rotatable bonds is 10. The van der Waals surface area contributed by atoms with Gasteiger partial charge in [0.1, 0.15) is 31.6 Å². The fourth-order valence-electron chi connectivity index (χ4n) is 2.96. The van der Waals surface area contributed by atoms with E-state index in [0.717, 1.165) is 15.4 Å². The Bertz CT molecular complexity index is 915. The average Bonchev–Trinajstić information content (AvgIpc) is 2.78. The van der Waals surface area contributed by atoms with Gasteiger partial charge < -0.3 is 19.7 Å². The molecule has 31 heavy (non-hydrogen) atoms. The number of nitrogens with zero attached hydrogens (tertiary/aromatic N) is 2. The van der Waals surface area contributed by atoms with Crippen LogP contribution < -0.4 is 4.74 Å². The van der Waals surface area contributed by atoms with Crippen LogP contribution in [0.15, 0.2) is 54.6 Å². The van der Waals surface area contributed by atoms with Gasteiger partial charge in [0.15, 0.2) is 0 Å². The first-order valence-corrected chi connectivity index (χ1v) is 9.75. The Morgan fingerprint density at radius 3 is 2.26 bits per heavy atom. The molecule has 0 aromatic heterocycles. The lowest BCUT2D eigenvalue weighted by Crippen LogP contribution is -2.55. The zero-order valence-corrected chi connectivity index (χ0v) is 16.8. The molecule has 2 N–H and O–H groups in total. The lowest BCUT2D eigenvalue weighted by atomic mass is 10.1. The third-order valence-electron chi connectivity index (χ3n) is 4.70. The molecule has 1 heterocycles. The highest BCUT2D eigenvalue weighted by Gasteiger charge is 2.38. The van der Waals surface area contributed by atoms with Crippen LogP contribution in [0.25, 0.3) is 0 Å². The highest BCUT2D eigenvalue weighted by molar-refractivity contribution is 6.13. The van der Waals surface area contributed by atoms with Crippen molar-refractivity contribution in [2.24, 2.45) is 0 Å². The summed E-state index contributed by atoms with van der Waals surface area (Å²) in [5.41, 5.74) is 1.67. The van der Waals surface area contributed by atoms with Crippen LogP contribution in [0.2, 0.25) is 0 Å². The predicted molar refractivity (Wildman–Crippen MR) is 109 cm³/mol. The first-order chi connectivity index (χ1) is 15.0. The molecular weight excluding hydrogens is 404 g/mol. The number of urea groups is 1. The quantitative estimate of drug-likeness (QED) is 0.548. The third-order valence-corrected chi connectivity index (χ3v) is 4.70. The van der Waals surface area contributed by atoms with E-state index >= 15 is 0 Å². The molecule has 4 amide bonds. The van der Waals surface area contributed by atoms with Crippen LogP contribution >= 0.6 is 0 Å². The number of hydrogen-bond acceptors (Lipinski definition) is 7. The Hall–Kier alpha value is -3.27. The van der Waals surface area contributed by atoms with Crippen LogP contribution in [0.3, 0.4) is 0 Å². The first kappa shape index (κ1) is 22.4. The molecule has 0 unspecified atom stereocenters. The van der Waals surface area contributed by atoms with Crippen LogP contribution in [-0.2, 0) is 27.5 Å². The first-order valence-electron chi connectivity index (χ1n) is 9.75. The van der Waals surface area contributed by atoms with Gasteiger partial charge in [-0.3, -0.25) is 14.5 Å². The maximum Gasteiger partial charge on any atom is 0.335 e. The van der Waals surface area contributed by atoms with Gasteiger partial charge in [0.25, 0.3) is 0 Å². The summed E-state index contributed by atoms with van der Waals surface area (Å²) in [6, 6.07) is 15.9. The molecule has 1 saturated heterocycles. The van der Waals surface area contributed by atoms with E-state index < -0.39 is 50.3 Å². The van der Waals surface area contributed by atoms with E-state index in [1.807, 2.05) is 30.3 Å². The van der Waals surface area contributed by atoms with Gasteiger partial charge in [-0.05, 0) is 23.3 Å². The number of barbiturate groups is 1. The maximum absolute atomic E-state index is 12.7. The molecule has 3 rings (SSSR count). The van der Waals surface area contributed by atoms with E-state index in [-0.39, 0.29) is 6.54 Å². The second-order valence-electron chi connectivity index (χ2n) is 6.97. The lowest BCUT2D eigenvalue weighted by molar-refractivity contribution is -0.149. The van der Waals surface area contributed by atoms with Crippen molar-refractivity contribution in [1.29, 1.82) is 0 Å². The van der Waals surface area contributed by atoms with Crippen molar-refractivity contribution in [2.45, 2.75) is 25.7 Å². The average molecular weight is 428 g/mol. The minimum Gasteiger partial charge on any atom is -0.489 e. The summed E-state index contributed by atoms with van der Waals surface area (Å²) in [4.78, 5) is 38.9. The fourth-order valence-corrected chi connectivity index (χ4v) is 2.96. The molecule has 9 heteroatoms. The molecule has 2 aromatic carbocycles. The van der Waals surface area contributed by atoms with E-state index in [9.17, 15) is 14.4 Å². The van der Waals surface area contributed by atoms with Gasteiger partial charge in [-0.1, -0.05) is 42.5 Å². The number of benzene rings is 2. The Kier molecular flexibility index (Phi) is 7.71. The minimum absolute atomic E-state index is 0.0343. The number of aliphatic hydroxyl groups excluding tert-OH is 2. The summed E-state index contributed by atoms with van der Waals surface area (Å²) >= 11 is 0. The summed E-state index contributed by atoms with van der Waals surface area (Å²) in [5.74, 6) is -0.716. The highest BCUT2D eigenvalue weighted by atomic mass is 16.5. The molecule has 1 aliphatic heterocycles. The Morgan fingerprint density at radius 2 is 1.55 bits per heavy atom. The Labute approximate surface area is 179 Å². The molecule has 0 aliphatic carbocycles. The summed E-state index contributed by atoms with van der Waals surface area (Å²) in [5, 5.41) is 18.1. The van der Waals surface area contributed by atoms with E-state index in [0.29, 0.717) is 17.9 Å². The third kappa shape index (κ3) is 5.88. The van der Waals surface area contributed by atoms with E-state index in [1.165, 1.54) is 0 Å². The van der Waals surface area contributed by atoms with Gasteiger partial charge in [-0.25, -0.2) is 9.69 Å². The van der Waals surface area contributed by atoms with E-state index in [1.54, 1.807) is 24.3 Å². The smallest absolute Gasteiger partial charge is 0.335 e. The maximum atomic E-state index is 12.7. The van der Waals surface area contributed by atoms with Gasteiger partial charge in [-0.15, -0.1) is 0 Å². The summed E-state index contributed by atoms with van der Waals surface area (Å²) < 4.78 is 11.0. The van der Waals surface area contributed by atoms with Gasteiger partial charge in [0.2, 0.25) is 11.8 Å². The summed E-state index contributed by atoms with van der Waals surface area (Å²) in [6.07, 6.45) is -1.40. The van der Waals surface area contributed by atoms with Crippen LogP contribution in [0, 0.1) is 0 Å². The van der Waals surface area contributed by atoms with Crippen LogP contribution in [0.5, 0.6) is 5.75 Å². The molecule has 9 nitrogen and oxygen atoms in total. The number of carbonyl (C=O) groups excluding carboxylic acids is 3. The fraction of sp³-hybridized carbons (Fsp3) is 0.318. The van der Waals surface area contributed by atoms with Crippen LogP contribution in [0.1, 0.15) is 17.5 Å². The van der Waals surface area contributed by atoms with Gasteiger partial charge in [-0.2, -0.15) is 0 Å². The monoisotopic (exact) mass is 428 g/mol. The SMILES string of the molecule is O=C1CC(=O)N(Cc2cccc(OCc3ccccc3)c2)C(=O)N1COC(CO)CO. The van der Waals surface area contributed by atoms with E-state index in [4.69, 9.17) is 19.7 Å². The molecule has 0 spiro atoms. The van der Waals surface area contributed by atoms with Gasteiger partial charge >= 0.3 is 6.03 Å². The van der Waals surface area contributed by atoms with Crippen molar-refractivity contribution < 1.29 is 34.1 Å². The lowest BCUT2D eigenvalue weighted by Gasteiger charge is -2.33. The topological polar surface area (TPSA) is 117 Å². The molecule has 0 atom stereocenters. The molecule has 2 aromatic rings. The molecule has 1 aliphatic rings. The van der Waals surface area contributed by atoms with Crippen molar-refractivity contribution in [3.8, 4) is 5.75 Å². The van der Waals surface area contributed by atoms with Crippen LogP contribution in [-0.4, -0.2) is 63.9 Å². The summed E-state index contributed by atoms with van der Waals surface area (Å²) in [6.45, 7) is -1.06. The van der Waals surface area contributed by atoms with Crippen molar-refractivity contribution in [3.63, 3.8) is 0 Å². The molecule has 164 valence electrons. The molecule has 1 fully saturated rings. The highest BCUT2D eigenvalue weighted by Crippen LogP contribution is 2.20. The zero-order chi connectivity index (χ0) is 22.2. The normalized spacial score (nSPS) is 14.5. The molecule has 0 radical (unpaired) electrons. The minimum atomic E-state index is -0.926. The van der Waals surface area contributed by atoms with Gasteiger partial charge in [0.05, 0.1) is 19.8 Å². The second kappa shape index (κ2) is 10.7. The van der Waals surface area contributed by atoms with Crippen molar-refractivity contribution in [3.05, 3.63) is 65.7 Å². The Morgan fingerprint density at radius 1 is 0.871 bits per heavy atom. The molecular formula is C22H24N2O7. The van der Waals surface area contributed by atoms with Crippen molar-refractivity contribution >= 4 is 17.8 Å². The standard InChI is InChI=1S/C22H24N2O7/c25-12-19(13-26)31-15-24-21(28)10-20(27)23(22(24)29)11-17-7-4-8-18(9-17)30-14-16-5-2-1-3-6-16/h1-9,19,25-26H,10-15H2. The van der Waals surface area contributed by atoms with Crippen LogP contribution in [0.4, 0.5) is 4.79 Å². The number of aliphatic hydroxyl groups is 2. The molecule has 0 saturated carbocycles. The second-order valence-corrected chi connectivity index (χ2v) is 6.97. The summed E-state index contributed by atoms with van der Waals surface area (Å²) in [7, 11) is 0. The number of amides is 4. The number of imide groups is 2. The van der Waals surface area contributed by atoms with Gasteiger partial charge in [0, 0.05) is 0 Å². The van der Waals surface area contributed by atoms with Crippen molar-refractivity contribution in [1.82, 2.24) is 9.80 Å². The zero-order valence-electron chi connectivity index (χ0n) is 16.8. The van der Waals surface area contributed by atoms with Crippen molar-refractivity contribution in [2.75, 3.05) is 19.9 Å². The predicted octanol–water partition coefficient (Wildman–Crippen LogP) is 1.27. The number of carbonyl (C=O) groups is 3. The Balaban J connectivity index is 1.65. The van der Waals surface area contributed by atoms with E-state index in [2.05, 4.69) is 0 Å². The number of ether oxygens (including phenoxy) is 2.